The Labute approximate surface area is 195 Å². The van der Waals surface area contributed by atoms with Crippen molar-refractivity contribution < 1.29 is 14.6 Å². The number of fused-ring (bicyclic) bond motifs is 1. The topological polar surface area (TPSA) is 113 Å². The number of phenolic OH excluding ortho intramolecular Hbond substituents is 1. The van der Waals surface area contributed by atoms with Crippen LogP contribution in [0.3, 0.4) is 0 Å². The van der Waals surface area contributed by atoms with E-state index in [9.17, 15) is 9.90 Å². The van der Waals surface area contributed by atoms with Crippen LogP contribution in [0.2, 0.25) is 0 Å². The standard InChI is InChI=1S/C26H21N5O3/c32-24-13-8-19(22-11-12-23-25(28-22)30-31-29-23)14-21(24)26(33)27-20-9-6-18(7-10-20)16-34-15-17-4-2-1-3-5-17/h1-14,32H,15-16H2,(H,27,33)(H,28,29,30,31). The Morgan fingerprint density at radius 1 is 0.882 bits per heavy atom. The monoisotopic (exact) mass is 451 g/mol. The van der Waals surface area contributed by atoms with Crippen LogP contribution in [-0.2, 0) is 18.0 Å². The molecular weight excluding hydrogens is 430 g/mol. The van der Waals surface area contributed by atoms with E-state index in [0.717, 1.165) is 11.1 Å². The summed E-state index contributed by atoms with van der Waals surface area (Å²) in [6.45, 7) is 1.00. The normalized spacial score (nSPS) is 10.9. The van der Waals surface area contributed by atoms with E-state index in [-0.39, 0.29) is 11.3 Å². The second-order valence-corrected chi connectivity index (χ2v) is 7.72. The quantitative estimate of drug-likeness (QED) is 0.331. The van der Waals surface area contributed by atoms with Gasteiger partial charge < -0.3 is 15.2 Å². The molecule has 0 saturated carbocycles. The summed E-state index contributed by atoms with van der Waals surface area (Å²) in [5.74, 6) is -0.537. The van der Waals surface area contributed by atoms with Crippen LogP contribution in [0.25, 0.3) is 22.4 Å². The van der Waals surface area contributed by atoms with E-state index >= 15 is 0 Å². The van der Waals surface area contributed by atoms with Crippen molar-refractivity contribution in [1.29, 1.82) is 0 Å². The summed E-state index contributed by atoms with van der Waals surface area (Å²) in [6.07, 6.45) is 0. The number of carbonyl (C=O) groups is 1. The summed E-state index contributed by atoms with van der Waals surface area (Å²) in [5.41, 5.74) is 5.30. The Kier molecular flexibility index (Phi) is 5.96. The molecule has 0 aliphatic carbocycles. The van der Waals surface area contributed by atoms with E-state index < -0.39 is 5.91 Å². The van der Waals surface area contributed by atoms with Gasteiger partial charge in [-0.15, -0.1) is 5.10 Å². The molecule has 5 rings (SSSR count). The van der Waals surface area contributed by atoms with Crippen LogP contribution >= 0.6 is 0 Å². The first-order valence-electron chi connectivity index (χ1n) is 10.7. The van der Waals surface area contributed by atoms with Gasteiger partial charge in [-0.25, -0.2) is 4.98 Å². The van der Waals surface area contributed by atoms with Crippen LogP contribution in [0, 0.1) is 0 Å². The summed E-state index contributed by atoms with van der Waals surface area (Å²) < 4.78 is 5.75. The van der Waals surface area contributed by atoms with Gasteiger partial charge in [0.2, 0.25) is 5.65 Å². The summed E-state index contributed by atoms with van der Waals surface area (Å²) >= 11 is 0. The van der Waals surface area contributed by atoms with E-state index in [1.165, 1.54) is 6.07 Å². The number of benzene rings is 3. The fourth-order valence-electron chi connectivity index (χ4n) is 3.52. The number of aromatic nitrogens is 4. The number of phenols is 1. The zero-order valence-corrected chi connectivity index (χ0v) is 18.1. The molecule has 2 aromatic heterocycles. The lowest BCUT2D eigenvalue weighted by molar-refractivity contribution is 0.102. The van der Waals surface area contributed by atoms with Crippen LogP contribution in [0.1, 0.15) is 21.5 Å². The van der Waals surface area contributed by atoms with Crippen molar-refractivity contribution in [2.75, 3.05) is 5.32 Å². The lowest BCUT2D eigenvalue weighted by Gasteiger charge is -2.10. The van der Waals surface area contributed by atoms with Gasteiger partial charge in [0.05, 0.1) is 24.5 Å². The third-order valence-corrected chi connectivity index (χ3v) is 5.31. The maximum Gasteiger partial charge on any atom is 0.259 e. The lowest BCUT2D eigenvalue weighted by Crippen LogP contribution is -2.12. The number of aromatic amines is 1. The summed E-state index contributed by atoms with van der Waals surface area (Å²) in [7, 11) is 0. The van der Waals surface area contributed by atoms with Gasteiger partial charge >= 0.3 is 0 Å². The highest BCUT2D eigenvalue weighted by Crippen LogP contribution is 2.26. The molecule has 1 amide bonds. The van der Waals surface area contributed by atoms with Gasteiger partial charge in [-0.3, -0.25) is 4.79 Å². The molecular formula is C26H21N5O3. The molecule has 3 N–H and O–H groups in total. The molecule has 0 saturated heterocycles. The van der Waals surface area contributed by atoms with E-state index in [1.807, 2.05) is 42.5 Å². The highest BCUT2D eigenvalue weighted by atomic mass is 16.5. The molecule has 5 aromatic rings. The van der Waals surface area contributed by atoms with Gasteiger partial charge in [0, 0.05) is 11.3 Å². The number of rotatable bonds is 7. The van der Waals surface area contributed by atoms with Gasteiger partial charge in [-0.05, 0) is 53.6 Å². The van der Waals surface area contributed by atoms with Gasteiger partial charge in [0.15, 0.2) is 0 Å². The Bertz CT molecular complexity index is 1430. The molecule has 34 heavy (non-hydrogen) atoms. The minimum Gasteiger partial charge on any atom is -0.507 e. The average Bonchev–Trinajstić information content (AvgIpc) is 3.34. The number of nitrogens with one attached hydrogen (secondary N) is 2. The Morgan fingerprint density at radius 3 is 2.44 bits per heavy atom. The van der Waals surface area contributed by atoms with Crippen LogP contribution in [-0.4, -0.2) is 31.4 Å². The van der Waals surface area contributed by atoms with Crippen LogP contribution in [0.4, 0.5) is 5.69 Å². The van der Waals surface area contributed by atoms with Crippen molar-refractivity contribution in [1.82, 2.24) is 20.4 Å². The van der Waals surface area contributed by atoms with E-state index in [2.05, 4.69) is 25.7 Å². The number of pyridine rings is 1. The Balaban J connectivity index is 1.25. The molecule has 0 fully saturated rings. The van der Waals surface area contributed by atoms with Gasteiger partial charge in [-0.2, -0.15) is 10.3 Å². The van der Waals surface area contributed by atoms with Crippen molar-refractivity contribution >= 4 is 22.8 Å². The number of hydrogen-bond acceptors (Lipinski definition) is 6. The van der Waals surface area contributed by atoms with Gasteiger partial charge in [-0.1, -0.05) is 42.5 Å². The molecule has 0 unspecified atom stereocenters. The second-order valence-electron chi connectivity index (χ2n) is 7.72. The van der Waals surface area contributed by atoms with E-state index in [0.29, 0.717) is 41.3 Å². The maximum absolute atomic E-state index is 12.9. The van der Waals surface area contributed by atoms with Crippen molar-refractivity contribution in [3.05, 3.63) is 102 Å². The molecule has 0 bridgehead atoms. The third kappa shape index (κ3) is 4.77. The van der Waals surface area contributed by atoms with E-state index in [4.69, 9.17) is 4.74 Å². The summed E-state index contributed by atoms with van der Waals surface area (Å²) in [4.78, 5) is 17.3. The van der Waals surface area contributed by atoms with Gasteiger partial charge in [0.1, 0.15) is 11.3 Å². The van der Waals surface area contributed by atoms with Crippen LogP contribution < -0.4 is 5.32 Å². The van der Waals surface area contributed by atoms with Crippen LogP contribution in [0.5, 0.6) is 5.75 Å². The number of carbonyl (C=O) groups excluding carboxylic acids is 1. The molecule has 168 valence electrons. The Morgan fingerprint density at radius 2 is 1.65 bits per heavy atom. The predicted octanol–water partition coefficient (Wildman–Crippen LogP) is 4.69. The minimum atomic E-state index is -0.421. The molecule has 0 radical (unpaired) electrons. The van der Waals surface area contributed by atoms with Crippen molar-refractivity contribution in [2.45, 2.75) is 13.2 Å². The second kappa shape index (κ2) is 9.51. The average molecular weight is 451 g/mol. The molecule has 8 heteroatoms. The first-order valence-corrected chi connectivity index (χ1v) is 10.7. The fourth-order valence-corrected chi connectivity index (χ4v) is 3.52. The van der Waals surface area contributed by atoms with Gasteiger partial charge in [0.25, 0.3) is 5.91 Å². The molecule has 0 spiro atoms. The SMILES string of the molecule is O=C(Nc1ccc(COCc2ccccc2)cc1)c1cc(-c2ccc3n[nH]nc3n2)ccc1O. The number of hydrogen-bond donors (Lipinski definition) is 3. The number of amides is 1. The van der Waals surface area contributed by atoms with Crippen molar-refractivity contribution in [2.24, 2.45) is 0 Å². The summed E-state index contributed by atoms with van der Waals surface area (Å²) in [6, 6.07) is 25.7. The summed E-state index contributed by atoms with van der Waals surface area (Å²) in [5, 5.41) is 23.6. The first-order chi connectivity index (χ1) is 16.7. The minimum absolute atomic E-state index is 0.116. The smallest absolute Gasteiger partial charge is 0.259 e. The molecule has 8 nitrogen and oxygen atoms in total. The third-order valence-electron chi connectivity index (χ3n) is 5.31. The number of ether oxygens (including phenoxy) is 1. The molecule has 3 aromatic carbocycles. The molecule has 0 aliphatic heterocycles. The first kappa shape index (κ1) is 21.3. The number of anilines is 1. The largest absolute Gasteiger partial charge is 0.507 e. The molecule has 0 atom stereocenters. The number of aromatic hydroxyl groups is 1. The highest BCUT2D eigenvalue weighted by molar-refractivity contribution is 6.06. The maximum atomic E-state index is 12.9. The van der Waals surface area contributed by atoms with Crippen molar-refractivity contribution in [3.63, 3.8) is 0 Å². The zero-order chi connectivity index (χ0) is 23.3. The fraction of sp³-hybridized carbons (Fsp3) is 0.0769. The number of nitrogens with zero attached hydrogens (tertiary/aromatic N) is 3. The predicted molar refractivity (Wildman–Crippen MR) is 128 cm³/mol. The van der Waals surface area contributed by atoms with Crippen LogP contribution in [0.15, 0.2) is 84.9 Å². The molecule has 0 aliphatic rings. The number of H-pyrrole nitrogens is 1. The Hall–Kier alpha value is -4.56. The van der Waals surface area contributed by atoms with Crippen molar-refractivity contribution in [3.8, 4) is 17.0 Å². The zero-order valence-electron chi connectivity index (χ0n) is 18.1. The van der Waals surface area contributed by atoms with E-state index in [1.54, 1.807) is 36.4 Å². The molecule has 2 heterocycles. The lowest BCUT2D eigenvalue weighted by atomic mass is 10.1. The highest BCUT2D eigenvalue weighted by Gasteiger charge is 2.14.